The highest BCUT2D eigenvalue weighted by Crippen LogP contribution is 2.33. The van der Waals surface area contributed by atoms with Gasteiger partial charge >= 0.3 is 5.97 Å². The molecule has 0 N–H and O–H groups in total. The number of carbonyl (C=O) groups is 2. The van der Waals surface area contributed by atoms with E-state index in [-0.39, 0.29) is 18.9 Å². The predicted octanol–water partition coefficient (Wildman–Crippen LogP) is 3.22. The molecule has 1 heterocycles. The van der Waals surface area contributed by atoms with E-state index in [9.17, 15) is 9.59 Å². The van der Waals surface area contributed by atoms with Gasteiger partial charge in [-0.25, -0.2) is 0 Å². The zero-order valence-electron chi connectivity index (χ0n) is 12.9. The Hall–Kier alpha value is -2.88. The van der Waals surface area contributed by atoms with Crippen molar-refractivity contribution in [3.05, 3.63) is 60.3 Å². The maximum Gasteiger partial charge on any atom is 0.310 e. The van der Waals surface area contributed by atoms with Crippen molar-refractivity contribution in [2.24, 2.45) is 0 Å². The summed E-state index contributed by atoms with van der Waals surface area (Å²) in [4.78, 5) is 22.7. The van der Waals surface area contributed by atoms with Crippen LogP contribution < -0.4 is 0 Å². The van der Waals surface area contributed by atoms with Crippen molar-refractivity contribution in [2.75, 3.05) is 7.11 Å². The third-order valence-electron chi connectivity index (χ3n) is 3.90. The largest absolute Gasteiger partial charge is 0.469 e. The molecule has 0 bridgehead atoms. The van der Waals surface area contributed by atoms with Crippen LogP contribution in [0.25, 0.3) is 22.0 Å². The normalized spacial score (nSPS) is 10.7. The molecule has 116 valence electrons. The van der Waals surface area contributed by atoms with E-state index in [4.69, 9.17) is 4.74 Å². The molecule has 0 amide bonds. The first-order valence-electron chi connectivity index (χ1n) is 7.41. The number of ether oxygens (including phenoxy) is 1. The molecule has 0 aliphatic rings. The minimum atomic E-state index is -0.294. The first-order valence-corrected chi connectivity index (χ1v) is 7.41. The number of carbonyl (C=O) groups excluding carboxylic acids is 2. The highest BCUT2D eigenvalue weighted by Gasteiger charge is 2.16. The summed E-state index contributed by atoms with van der Waals surface area (Å²) < 4.78 is 6.67. The Labute approximate surface area is 134 Å². The van der Waals surface area contributed by atoms with Crippen LogP contribution in [0.3, 0.4) is 0 Å². The van der Waals surface area contributed by atoms with Gasteiger partial charge in [0.15, 0.2) is 0 Å². The molecule has 0 saturated carbocycles. The maximum absolute atomic E-state index is 11.7. The minimum absolute atomic E-state index is 0.183. The molecule has 0 radical (unpaired) electrons. The Kier molecular flexibility index (Phi) is 4.24. The fraction of sp³-hybridized carbons (Fsp3) is 0.158. The summed E-state index contributed by atoms with van der Waals surface area (Å²) >= 11 is 0. The molecule has 0 fully saturated rings. The number of nitrogens with zero attached hydrogens (tertiary/aromatic N) is 1. The highest BCUT2D eigenvalue weighted by atomic mass is 16.5. The fourth-order valence-electron chi connectivity index (χ4n) is 2.89. The van der Waals surface area contributed by atoms with Crippen LogP contribution in [0.15, 0.2) is 54.7 Å². The van der Waals surface area contributed by atoms with Crippen LogP contribution in [0.2, 0.25) is 0 Å². The Morgan fingerprint density at radius 1 is 1.13 bits per heavy atom. The number of esters is 1. The second-order valence-corrected chi connectivity index (χ2v) is 5.29. The number of aromatic nitrogens is 1. The summed E-state index contributed by atoms with van der Waals surface area (Å²) in [6.07, 6.45) is 2.90. The number of aldehydes is 1. The zero-order chi connectivity index (χ0) is 16.2. The number of methoxy groups -OCH3 is 1. The molecular weight excluding hydrogens is 290 g/mol. The molecule has 0 spiro atoms. The molecule has 0 aliphatic heterocycles. The Morgan fingerprint density at radius 2 is 1.91 bits per heavy atom. The lowest BCUT2D eigenvalue weighted by Crippen LogP contribution is -2.04. The molecule has 3 aromatic rings. The molecule has 1 aromatic heterocycles. The lowest BCUT2D eigenvalue weighted by molar-refractivity contribution is -0.139. The average Bonchev–Trinajstić information content (AvgIpc) is 2.94. The van der Waals surface area contributed by atoms with Crippen LogP contribution >= 0.6 is 0 Å². The van der Waals surface area contributed by atoms with Crippen molar-refractivity contribution in [2.45, 2.75) is 13.0 Å². The van der Waals surface area contributed by atoms with Gasteiger partial charge in [-0.2, -0.15) is 0 Å². The Bertz CT molecular complexity index is 850. The molecule has 4 heteroatoms. The molecule has 2 aromatic carbocycles. The van der Waals surface area contributed by atoms with Crippen molar-refractivity contribution >= 4 is 23.2 Å². The van der Waals surface area contributed by atoms with E-state index in [1.165, 1.54) is 7.11 Å². The first kappa shape index (κ1) is 15.0. The summed E-state index contributed by atoms with van der Waals surface area (Å²) in [5, 5.41) is 0.992. The van der Waals surface area contributed by atoms with E-state index in [1.54, 1.807) is 0 Å². The third-order valence-corrected chi connectivity index (χ3v) is 3.90. The summed E-state index contributed by atoms with van der Waals surface area (Å²) in [7, 11) is 1.38. The van der Waals surface area contributed by atoms with Gasteiger partial charge in [0.25, 0.3) is 0 Å². The van der Waals surface area contributed by atoms with E-state index in [2.05, 4.69) is 0 Å². The van der Waals surface area contributed by atoms with Gasteiger partial charge in [-0.3, -0.25) is 4.79 Å². The van der Waals surface area contributed by atoms with Crippen molar-refractivity contribution in [1.29, 1.82) is 0 Å². The fourth-order valence-corrected chi connectivity index (χ4v) is 2.89. The second kappa shape index (κ2) is 6.48. The van der Waals surface area contributed by atoms with Crippen LogP contribution in [0, 0.1) is 0 Å². The summed E-state index contributed by atoms with van der Waals surface area (Å²) in [5.41, 5.74) is 3.94. The number of benzene rings is 2. The SMILES string of the molecule is COC(=O)Cc1cn(CC=O)c2cccc(-c3ccccc3)c12. The minimum Gasteiger partial charge on any atom is -0.469 e. The molecule has 0 unspecified atom stereocenters. The smallest absolute Gasteiger partial charge is 0.310 e. The van der Waals surface area contributed by atoms with Crippen molar-refractivity contribution in [1.82, 2.24) is 4.57 Å². The Morgan fingerprint density at radius 3 is 2.61 bits per heavy atom. The lowest BCUT2D eigenvalue weighted by atomic mass is 9.98. The third kappa shape index (κ3) is 2.88. The van der Waals surface area contributed by atoms with Gasteiger partial charge < -0.3 is 14.1 Å². The zero-order valence-corrected chi connectivity index (χ0v) is 12.9. The van der Waals surface area contributed by atoms with Crippen LogP contribution in [-0.4, -0.2) is 23.9 Å². The van der Waals surface area contributed by atoms with E-state index in [1.807, 2.05) is 59.3 Å². The molecule has 23 heavy (non-hydrogen) atoms. The van der Waals surface area contributed by atoms with Crippen LogP contribution in [0.5, 0.6) is 0 Å². The van der Waals surface area contributed by atoms with Gasteiger partial charge in [-0.05, 0) is 22.8 Å². The summed E-state index contributed by atoms with van der Waals surface area (Å²) in [5.74, 6) is -0.294. The molecule has 0 aliphatic carbocycles. The number of hydrogen-bond donors (Lipinski definition) is 0. The average molecular weight is 307 g/mol. The number of rotatable bonds is 5. The van der Waals surface area contributed by atoms with Crippen LogP contribution in [0.4, 0.5) is 0 Å². The van der Waals surface area contributed by atoms with Crippen molar-refractivity contribution in [3.8, 4) is 11.1 Å². The maximum atomic E-state index is 11.7. The van der Waals surface area contributed by atoms with Gasteiger partial charge in [0.05, 0.1) is 20.1 Å². The second-order valence-electron chi connectivity index (χ2n) is 5.29. The molecular formula is C19H17NO3. The van der Waals surface area contributed by atoms with Gasteiger partial charge in [0, 0.05) is 17.1 Å². The van der Waals surface area contributed by atoms with Crippen molar-refractivity contribution in [3.63, 3.8) is 0 Å². The van der Waals surface area contributed by atoms with Gasteiger partial charge in [-0.1, -0.05) is 42.5 Å². The topological polar surface area (TPSA) is 48.3 Å². The number of fused-ring (bicyclic) bond motifs is 1. The molecule has 4 nitrogen and oxygen atoms in total. The summed E-state index contributed by atoms with van der Waals surface area (Å²) in [6, 6.07) is 16.0. The van der Waals surface area contributed by atoms with Gasteiger partial charge in [0.1, 0.15) is 6.29 Å². The van der Waals surface area contributed by atoms with Gasteiger partial charge in [0.2, 0.25) is 0 Å². The highest BCUT2D eigenvalue weighted by molar-refractivity contribution is 6.00. The van der Waals surface area contributed by atoms with Crippen LogP contribution in [-0.2, 0) is 27.3 Å². The monoisotopic (exact) mass is 307 g/mol. The molecule has 3 rings (SSSR count). The standard InChI is InChI=1S/C19H17NO3/c1-23-18(22)12-15-13-20(10-11-21)17-9-5-8-16(19(15)17)14-6-3-2-4-7-14/h2-9,11,13H,10,12H2,1H3. The van der Waals surface area contributed by atoms with Crippen molar-refractivity contribution < 1.29 is 14.3 Å². The van der Waals surface area contributed by atoms with Crippen LogP contribution in [0.1, 0.15) is 5.56 Å². The molecule has 0 atom stereocenters. The molecule has 0 saturated heterocycles. The Balaban J connectivity index is 2.24. The quantitative estimate of drug-likeness (QED) is 0.537. The predicted molar refractivity (Wildman–Crippen MR) is 89.2 cm³/mol. The van der Waals surface area contributed by atoms with E-state index in [0.29, 0.717) is 0 Å². The first-order chi connectivity index (χ1) is 11.2. The number of hydrogen-bond acceptors (Lipinski definition) is 3. The van der Waals surface area contributed by atoms with E-state index in [0.717, 1.165) is 33.9 Å². The lowest BCUT2D eigenvalue weighted by Gasteiger charge is -2.07. The van der Waals surface area contributed by atoms with Gasteiger partial charge in [-0.15, -0.1) is 0 Å². The van der Waals surface area contributed by atoms with E-state index < -0.39 is 0 Å². The summed E-state index contributed by atoms with van der Waals surface area (Å²) in [6.45, 7) is 0.260. The van der Waals surface area contributed by atoms with E-state index >= 15 is 0 Å².